The number of methoxy groups -OCH3 is 2. The van der Waals surface area contributed by atoms with E-state index in [0.717, 1.165) is 37.0 Å². The summed E-state index contributed by atoms with van der Waals surface area (Å²) in [6.07, 6.45) is 6.01. The third-order valence-electron chi connectivity index (χ3n) is 6.56. The summed E-state index contributed by atoms with van der Waals surface area (Å²) in [5.41, 5.74) is 1.04. The van der Waals surface area contributed by atoms with Crippen molar-refractivity contribution >= 4 is 11.8 Å². The molecule has 0 bridgehead atoms. The van der Waals surface area contributed by atoms with Crippen molar-refractivity contribution in [2.45, 2.75) is 58.5 Å². The van der Waals surface area contributed by atoms with Crippen LogP contribution in [0, 0.1) is 5.92 Å². The van der Waals surface area contributed by atoms with Gasteiger partial charge in [-0.05, 0) is 62.4 Å². The molecule has 0 saturated heterocycles. The molecular weight excluding hydrogens is 420 g/mol. The summed E-state index contributed by atoms with van der Waals surface area (Å²) in [5, 5.41) is 0. The molecule has 0 N–H and O–H groups in total. The van der Waals surface area contributed by atoms with E-state index in [-0.39, 0.29) is 30.3 Å². The van der Waals surface area contributed by atoms with Crippen molar-refractivity contribution < 1.29 is 23.5 Å². The number of rotatable bonds is 12. The number of benzene rings is 1. The van der Waals surface area contributed by atoms with Crippen molar-refractivity contribution in [2.75, 3.05) is 27.3 Å². The number of nitrogens with zero attached hydrogens (tertiary/aromatic N) is 2. The maximum absolute atomic E-state index is 13.4. The SMILES string of the molecule is CC[C@H](C)N(CC(=O)N(CCc1ccc(OC)c(OC)c1)Cc1ccco1)C(=O)C1CCC1. The molecule has 7 heteroatoms. The second kappa shape index (κ2) is 11.8. The van der Waals surface area contributed by atoms with E-state index in [1.165, 1.54) is 0 Å². The monoisotopic (exact) mass is 456 g/mol. The van der Waals surface area contributed by atoms with Gasteiger partial charge in [-0.15, -0.1) is 0 Å². The van der Waals surface area contributed by atoms with Crippen LogP contribution < -0.4 is 9.47 Å². The van der Waals surface area contributed by atoms with Gasteiger partial charge in [0.05, 0.1) is 27.0 Å². The molecule has 1 aromatic carbocycles. The van der Waals surface area contributed by atoms with E-state index in [1.807, 2.05) is 44.2 Å². The van der Waals surface area contributed by atoms with Gasteiger partial charge in [0, 0.05) is 18.5 Å². The van der Waals surface area contributed by atoms with Gasteiger partial charge in [0.1, 0.15) is 12.3 Å². The molecule has 1 heterocycles. The highest BCUT2D eigenvalue weighted by atomic mass is 16.5. The van der Waals surface area contributed by atoms with Crippen molar-refractivity contribution in [1.82, 2.24) is 9.80 Å². The molecule has 2 aromatic rings. The molecule has 1 fully saturated rings. The highest BCUT2D eigenvalue weighted by Gasteiger charge is 2.33. The number of amides is 2. The predicted molar refractivity (Wildman–Crippen MR) is 126 cm³/mol. The zero-order valence-electron chi connectivity index (χ0n) is 20.2. The van der Waals surface area contributed by atoms with Crippen LogP contribution in [0.2, 0.25) is 0 Å². The van der Waals surface area contributed by atoms with Crippen LogP contribution in [0.3, 0.4) is 0 Å². The lowest BCUT2D eigenvalue weighted by Crippen LogP contribution is -2.49. The Morgan fingerprint density at radius 2 is 1.91 bits per heavy atom. The largest absolute Gasteiger partial charge is 0.493 e. The molecular formula is C26H36N2O5. The third-order valence-corrected chi connectivity index (χ3v) is 6.56. The van der Waals surface area contributed by atoms with Crippen LogP contribution in [-0.4, -0.2) is 55.0 Å². The van der Waals surface area contributed by atoms with Crippen LogP contribution in [0.5, 0.6) is 11.5 Å². The number of carbonyl (C=O) groups excluding carboxylic acids is 2. The highest BCUT2D eigenvalue weighted by Crippen LogP contribution is 2.30. The molecule has 0 radical (unpaired) electrons. The number of furan rings is 1. The third kappa shape index (κ3) is 6.30. The molecule has 1 saturated carbocycles. The molecule has 1 aromatic heterocycles. The van der Waals surface area contributed by atoms with Gasteiger partial charge >= 0.3 is 0 Å². The van der Waals surface area contributed by atoms with Crippen LogP contribution >= 0.6 is 0 Å². The van der Waals surface area contributed by atoms with Crippen molar-refractivity contribution in [2.24, 2.45) is 5.92 Å². The molecule has 33 heavy (non-hydrogen) atoms. The first-order valence-electron chi connectivity index (χ1n) is 11.8. The highest BCUT2D eigenvalue weighted by molar-refractivity contribution is 5.86. The lowest BCUT2D eigenvalue weighted by Gasteiger charge is -2.36. The van der Waals surface area contributed by atoms with Gasteiger partial charge in [-0.2, -0.15) is 0 Å². The number of hydrogen-bond donors (Lipinski definition) is 0. The summed E-state index contributed by atoms with van der Waals surface area (Å²) < 4.78 is 16.2. The Hall–Kier alpha value is -2.96. The molecule has 3 rings (SSSR count). The Balaban J connectivity index is 1.73. The van der Waals surface area contributed by atoms with Gasteiger partial charge in [0.15, 0.2) is 11.5 Å². The van der Waals surface area contributed by atoms with Crippen LogP contribution in [0.15, 0.2) is 41.0 Å². The van der Waals surface area contributed by atoms with Gasteiger partial charge < -0.3 is 23.7 Å². The van der Waals surface area contributed by atoms with Gasteiger partial charge in [-0.3, -0.25) is 9.59 Å². The van der Waals surface area contributed by atoms with Gasteiger partial charge in [-0.25, -0.2) is 0 Å². The second-order valence-electron chi connectivity index (χ2n) is 8.69. The molecule has 0 aliphatic heterocycles. The lowest BCUT2D eigenvalue weighted by atomic mass is 9.84. The van der Waals surface area contributed by atoms with E-state index < -0.39 is 0 Å². The summed E-state index contributed by atoms with van der Waals surface area (Å²) >= 11 is 0. The van der Waals surface area contributed by atoms with Gasteiger partial charge in [0.2, 0.25) is 11.8 Å². The van der Waals surface area contributed by atoms with Gasteiger partial charge in [0.25, 0.3) is 0 Å². The van der Waals surface area contributed by atoms with Crippen molar-refractivity contribution in [1.29, 1.82) is 0 Å². The molecule has 0 unspecified atom stereocenters. The van der Waals surface area contributed by atoms with E-state index in [1.54, 1.807) is 30.3 Å². The van der Waals surface area contributed by atoms with Crippen LogP contribution in [0.4, 0.5) is 0 Å². The molecule has 1 atom stereocenters. The zero-order chi connectivity index (χ0) is 23.8. The van der Waals surface area contributed by atoms with Crippen LogP contribution in [0.1, 0.15) is 50.9 Å². The molecule has 1 aliphatic carbocycles. The molecule has 180 valence electrons. The smallest absolute Gasteiger partial charge is 0.242 e. The summed E-state index contributed by atoms with van der Waals surface area (Å²) in [6, 6.07) is 9.48. The van der Waals surface area contributed by atoms with E-state index in [4.69, 9.17) is 13.9 Å². The maximum Gasteiger partial charge on any atom is 0.242 e. The van der Waals surface area contributed by atoms with E-state index in [2.05, 4.69) is 0 Å². The van der Waals surface area contributed by atoms with Crippen LogP contribution in [0.25, 0.3) is 0 Å². The number of hydrogen-bond acceptors (Lipinski definition) is 5. The van der Waals surface area contributed by atoms with Gasteiger partial charge in [-0.1, -0.05) is 19.4 Å². The van der Waals surface area contributed by atoms with Crippen molar-refractivity contribution in [3.05, 3.63) is 47.9 Å². The second-order valence-corrected chi connectivity index (χ2v) is 8.69. The van der Waals surface area contributed by atoms with Crippen molar-refractivity contribution in [3.63, 3.8) is 0 Å². The minimum Gasteiger partial charge on any atom is -0.493 e. The predicted octanol–water partition coefficient (Wildman–Crippen LogP) is 4.30. The molecule has 7 nitrogen and oxygen atoms in total. The standard InChI is InChI=1S/C26H36N2O5/c1-5-19(2)28(26(30)21-8-6-9-21)18-25(29)27(17-22-10-7-15-33-22)14-13-20-11-12-23(31-3)24(16-20)32-4/h7,10-12,15-16,19,21H,5-6,8-9,13-14,17-18H2,1-4H3/t19-/m0/s1. The Morgan fingerprint density at radius 1 is 1.15 bits per heavy atom. The summed E-state index contributed by atoms with van der Waals surface area (Å²) in [7, 11) is 3.21. The zero-order valence-corrected chi connectivity index (χ0v) is 20.2. The van der Waals surface area contributed by atoms with E-state index >= 15 is 0 Å². The Bertz CT molecular complexity index is 907. The Labute approximate surface area is 196 Å². The number of carbonyl (C=O) groups is 2. The molecule has 1 aliphatic rings. The van der Waals surface area contributed by atoms with Crippen molar-refractivity contribution in [3.8, 4) is 11.5 Å². The van der Waals surface area contributed by atoms with E-state index in [0.29, 0.717) is 31.0 Å². The Kier molecular flexibility index (Phi) is 8.80. The number of ether oxygens (including phenoxy) is 2. The maximum atomic E-state index is 13.4. The fraction of sp³-hybridized carbons (Fsp3) is 0.538. The van der Waals surface area contributed by atoms with Crippen LogP contribution in [-0.2, 0) is 22.6 Å². The molecule has 2 amide bonds. The summed E-state index contributed by atoms with van der Waals surface area (Å²) in [4.78, 5) is 30.0. The fourth-order valence-corrected chi connectivity index (χ4v) is 3.99. The quantitative estimate of drug-likeness (QED) is 0.476. The first-order chi connectivity index (χ1) is 16.0. The average molecular weight is 457 g/mol. The minimum absolute atomic E-state index is 0.0263. The Morgan fingerprint density at radius 3 is 2.48 bits per heavy atom. The summed E-state index contributed by atoms with van der Waals surface area (Å²) in [5.74, 6) is 2.16. The summed E-state index contributed by atoms with van der Waals surface area (Å²) in [6.45, 7) is 5.03. The lowest BCUT2D eigenvalue weighted by molar-refractivity contribution is -0.147. The van der Waals surface area contributed by atoms with E-state index in [9.17, 15) is 9.59 Å². The first-order valence-corrected chi connectivity index (χ1v) is 11.8. The minimum atomic E-state index is -0.0696. The average Bonchev–Trinajstić information content (AvgIpc) is 3.31. The molecule has 0 spiro atoms. The normalized spacial score (nSPS) is 14.3. The topological polar surface area (TPSA) is 72.2 Å². The first kappa shape index (κ1) is 24.7. The fourth-order valence-electron chi connectivity index (χ4n) is 3.99.